The Hall–Kier alpha value is -2.44. The van der Waals surface area contributed by atoms with Gasteiger partial charge in [-0.15, -0.1) is 0 Å². The van der Waals surface area contributed by atoms with Gasteiger partial charge in [-0.3, -0.25) is 14.8 Å². The fraction of sp³-hybridized carbons (Fsp3) is 0.429. The molecule has 0 radical (unpaired) electrons. The minimum absolute atomic E-state index is 0.0411. The van der Waals surface area contributed by atoms with Gasteiger partial charge in [0.1, 0.15) is 11.6 Å². The molecule has 0 aliphatic rings. The second kappa shape index (κ2) is 5.16. The molecule has 0 spiro atoms. The van der Waals surface area contributed by atoms with Crippen molar-refractivity contribution < 1.29 is 14.5 Å². The van der Waals surface area contributed by atoms with Crippen LogP contribution >= 0.6 is 0 Å². The fourth-order valence-electron chi connectivity index (χ4n) is 1.94. The largest absolute Gasteiger partial charge is 0.458 e. The van der Waals surface area contributed by atoms with Gasteiger partial charge in [0.25, 0.3) is 5.69 Å². The van der Waals surface area contributed by atoms with Crippen LogP contribution in [0.2, 0.25) is 0 Å². The highest BCUT2D eigenvalue weighted by Gasteiger charge is 2.25. The van der Waals surface area contributed by atoms with Crippen molar-refractivity contribution in [2.24, 2.45) is 0 Å². The molecule has 0 saturated carbocycles. The van der Waals surface area contributed by atoms with Crippen LogP contribution in [0.3, 0.4) is 0 Å². The summed E-state index contributed by atoms with van der Waals surface area (Å²) in [5.74, 6) is -0.431. The predicted molar refractivity (Wildman–Crippen MR) is 76.9 cm³/mol. The molecule has 0 fully saturated rings. The highest BCUT2D eigenvalue weighted by atomic mass is 16.6. The molecule has 2 aromatic rings. The van der Waals surface area contributed by atoms with Crippen LogP contribution in [-0.2, 0) is 9.53 Å². The third-order valence-corrected chi connectivity index (χ3v) is 2.91. The number of carbonyl (C=O) groups excluding carboxylic acids is 1. The van der Waals surface area contributed by atoms with Crippen LogP contribution in [0.4, 0.5) is 5.69 Å². The van der Waals surface area contributed by atoms with Gasteiger partial charge in [-0.25, -0.2) is 4.79 Å². The number of benzene rings is 1. The van der Waals surface area contributed by atoms with Crippen molar-refractivity contribution in [3.63, 3.8) is 0 Å². The van der Waals surface area contributed by atoms with Gasteiger partial charge in [0.05, 0.1) is 16.6 Å². The van der Waals surface area contributed by atoms with E-state index in [-0.39, 0.29) is 5.69 Å². The van der Waals surface area contributed by atoms with Crippen LogP contribution < -0.4 is 0 Å². The van der Waals surface area contributed by atoms with E-state index in [0.717, 1.165) is 5.39 Å². The smallest absolute Gasteiger partial charge is 0.331 e. The van der Waals surface area contributed by atoms with Crippen LogP contribution in [0.1, 0.15) is 33.7 Å². The lowest BCUT2D eigenvalue weighted by Gasteiger charge is -2.22. The molecule has 0 saturated heterocycles. The van der Waals surface area contributed by atoms with Crippen molar-refractivity contribution in [3.05, 3.63) is 34.5 Å². The molecule has 0 bridgehead atoms. The van der Waals surface area contributed by atoms with Gasteiger partial charge in [0.2, 0.25) is 0 Å². The van der Waals surface area contributed by atoms with Gasteiger partial charge in [-0.1, -0.05) is 0 Å². The van der Waals surface area contributed by atoms with Gasteiger partial charge >= 0.3 is 5.97 Å². The van der Waals surface area contributed by atoms with E-state index in [1.54, 1.807) is 40.0 Å². The van der Waals surface area contributed by atoms with Crippen LogP contribution in [0.25, 0.3) is 10.9 Å². The van der Waals surface area contributed by atoms with Crippen molar-refractivity contribution in [2.75, 3.05) is 0 Å². The summed E-state index contributed by atoms with van der Waals surface area (Å²) in [6.07, 6.45) is 1.57. The maximum atomic E-state index is 12.1. The Morgan fingerprint density at radius 3 is 2.67 bits per heavy atom. The molecule has 2 rings (SSSR count). The van der Waals surface area contributed by atoms with E-state index in [0.29, 0.717) is 5.52 Å². The molecule has 112 valence electrons. The molecule has 0 N–H and O–H groups in total. The number of nitro groups is 1. The lowest BCUT2D eigenvalue weighted by molar-refractivity contribution is -0.384. The van der Waals surface area contributed by atoms with Gasteiger partial charge in [-0.05, 0) is 33.8 Å². The first-order valence-corrected chi connectivity index (χ1v) is 6.53. The molecular formula is C14H17N3O4. The highest BCUT2D eigenvalue weighted by molar-refractivity contribution is 5.83. The molecule has 1 atom stereocenters. The van der Waals surface area contributed by atoms with Crippen molar-refractivity contribution in [2.45, 2.75) is 39.3 Å². The molecule has 0 aliphatic carbocycles. The standard InChI is InChI=1S/C14H17N3O4/c1-9(13(18)21-14(2,3)4)16-12-7-11(17(19)20)6-5-10(12)8-15-16/h5-9H,1-4H3. The van der Waals surface area contributed by atoms with Crippen LogP contribution in [-0.4, -0.2) is 26.3 Å². The third kappa shape index (κ3) is 3.18. The maximum absolute atomic E-state index is 12.1. The summed E-state index contributed by atoms with van der Waals surface area (Å²) in [5.41, 5.74) is -0.108. The quantitative estimate of drug-likeness (QED) is 0.493. The number of hydrogen-bond acceptors (Lipinski definition) is 5. The van der Waals surface area contributed by atoms with Gasteiger partial charge in [0, 0.05) is 17.5 Å². The van der Waals surface area contributed by atoms with E-state index < -0.39 is 22.5 Å². The van der Waals surface area contributed by atoms with E-state index in [9.17, 15) is 14.9 Å². The zero-order valence-electron chi connectivity index (χ0n) is 12.4. The first kappa shape index (κ1) is 15.0. The van der Waals surface area contributed by atoms with Crippen molar-refractivity contribution in [3.8, 4) is 0 Å². The minimum atomic E-state index is -0.663. The number of non-ortho nitro benzene ring substituents is 1. The lowest BCUT2D eigenvalue weighted by atomic mass is 10.2. The third-order valence-electron chi connectivity index (χ3n) is 2.91. The summed E-state index contributed by atoms with van der Waals surface area (Å²) in [4.78, 5) is 22.5. The Labute approximate surface area is 121 Å². The first-order chi connectivity index (χ1) is 9.69. The summed E-state index contributed by atoms with van der Waals surface area (Å²) >= 11 is 0. The number of fused-ring (bicyclic) bond motifs is 1. The minimum Gasteiger partial charge on any atom is -0.458 e. The SMILES string of the molecule is CC(C(=O)OC(C)(C)C)n1ncc2ccc([N+](=O)[O-])cc21. The van der Waals surface area contributed by atoms with E-state index in [1.807, 2.05) is 0 Å². The maximum Gasteiger partial charge on any atom is 0.331 e. The molecule has 7 heteroatoms. The monoisotopic (exact) mass is 291 g/mol. The Kier molecular flexibility index (Phi) is 3.67. The molecule has 21 heavy (non-hydrogen) atoms. The number of nitrogens with zero attached hydrogens (tertiary/aromatic N) is 3. The summed E-state index contributed by atoms with van der Waals surface area (Å²) in [6.45, 7) is 7.00. The Balaban J connectivity index is 2.39. The average Bonchev–Trinajstić information content (AvgIpc) is 2.78. The zero-order chi connectivity index (χ0) is 15.8. The van der Waals surface area contributed by atoms with Crippen LogP contribution in [0.5, 0.6) is 0 Å². The fourth-order valence-corrected chi connectivity index (χ4v) is 1.94. The van der Waals surface area contributed by atoms with E-state index >= 15 is 0 Å². The number of hydrogen-bond donors (Lipinski definition) is 0. The zero-order valence-corrected chi connectivity index (χ0v) is 12.4. The topological polar surface area (TPSA) is 87.3 Å². The van der Waals surface area contributed by atoms with E-state index in [4.69, 9.17) is 4.74 Å². The summed E-state index contributed by atoms with van der Waals surface area (Å²) in [6, 6.07) is 3.76. The van der Waals surface area contributed by atoms with E-state index in [1.165, 1.54) is 16.8 Å². The number of carbonyl (C=O) groups is 1. The summed E-state index contributed by atoms with van der Waals surface area (Å²) < 4.78 is 6.76. The number of ether oxygens (including phenoxy) is 1. The lowest BCUT2D eigenvalue weighted by Crippen LogP contribution is -2.29. The Morgan fingerprint density at radius 1 is 1.43 bits per heavy atom. The van der Waals surface area contributed by atoms with Gasteiger partial charge in [-0.2, -0.15) is 5.10 Å². The van der Waals surface area contributed by atoms with Crippen molar-refractivity contribution in [1.29, 1.82) is 0 Å². The highest BCUT2D eigenvalue weighted by Crippen LogP contribution is 2.24. The molecule has 0 aliphatic heterocycles. The molecule has 1 unspecified atom stereocenters. The number of nitro benzene ring substituents is 1. The summed E-state index contributed by atoms with van der Waals surface area (Å²) in [7, 11) is 0. The Morgan fingerprint density at radius 2 is 2.10 bits per heavy atom. The summed E-state index contributed by atoms with van der Waals surface area (Å²) in [5, 5.41) is 15.7. The Bertz CT molecular complexity index is 700. The molecule has 0 amide bonds. The molecule has 1 aromatic heterocycles. The second-order valence-corrected chi connectivity index (χ2v) is 5.80. The molecular weight excluding hydrogens is 274 g/mol. The van der Waals surface area contributed by atoms with Crippen LogP contribution in [0.15, 0.2) is 24.4 Å². The number of esters is 1. The number of aromatic nitrogens is 2. The molecule has 1 heterocycles. The first-order valence-electron chi connectivity index (χ1n) is 6.53. The van der Waals surface area contributed by atoms with Crippen molar-refractivity contribution >= 4 is 22.6 Å². The van der Waals surface area contributed by atoms with Gasteiger partial charge in [0.15, 0.2) is 0 Å². The molecule has 7 nitrogen and oxygen atoms in total. The van der Waals surface area contributed by atoms with Crippen LogP contribution in [0, 0.1) is 10.1 Å². The molecule has 1 aromatic carbocycles. The van der Waals surface area contributed by atoms with Gasteiger partial charge < -0.3 is 4.74 Å². The normalized spacial score (nSPS) is 13.1. The predicted octanol–water partition coefficient (Wildman–Crippen LogP) is 2.85. The second-order valence-electron chi connectivity index (χ2n) is 5.80. The van der Waals surface area contributed by atoms with E-state index in [2.05, 4.69) is 5.10 Å². The average molecular weight is 291 g/mol. The van der Waals surface area contributed by atoms with Crippen molar-refractivity contribution in [1.82, 2.24) is 9.78 Å². The number of rotatable bonds is 3.